The Balaban J connectivity index is 1.84. The van der Waals surface area contributed by atoms with Crippen LogP contribution in [0, 0.1) is 11.6 Å². The third-order valence-corrected chi connectivity index (χ3v) is 3.60. The van der Waals surface area contributed by atoms with Gasteiger partial charge in [-0.25, -0.2) is 8.78 Å². The summed E-state index contributed by atoms with van der Waals surface area (Å²) in [4.78, 5) is 12.6. The van der Waals surface area contributed by atoms with E-state index in [1.54, 1.807) is 24.3 Å². The number of rotatable bonds is 5. The molecule has 0 saturated carbocycles. The maximum absolute atomic E-state index is 12.7. The highest BCUT2D eigenvalue weighted by Gasteiger charge is 2.05. The Hall–Kier alpha value is -1.68. The minimum Gasteiger partial charge on any atom is -0.298 e. The first kappa shape index (κ1) is 13.7. The molecule has 0 heterocycles. The second-order valence-corrected chi connectivity index (χ2v) is 5.13. The van der Waals surface area contributed by atoms with Crippen molar-refractivity contribution in [2.45, 2.75) is 11.3 Å². The fourth-order valence-corrected chi connectivity index (χ4v) is 2.33. The SMILES string of the molecule is O=C(CSc1ccc(F)cc1)Cc1ccc(F)cc1. The molecule has 2 rings (SSSR count). The van der Waals surface area contributed by atoms with E-state index in [9.17, 15) is 13.6 Å². The highest BCUT2D eigenvalue weighted by molar-refractivity contribution is 8.00. The summed E-state index contributed by atoms with van der Waals surface area (Å²) in [5.74, 6) is -0.219. The van der Waals surface area contributed by atoms with Crippen LogP contribution in [-0.2, 0) is 11.2 Å². The van der Waals surface area contributed by atoms with Crippen molar-refractivity contribution in [2.75, 3.05) is 5.75 Å². The molecule has 0 spiro atoms. The number of hydrogen-bond acceptors (Lipinski definition) is 2. The smallest absolute Gasteiger partial charge is 0.147 e. The van der Waals surface area contributed by atoms with Crippen LogP contribution in [0.5, 0.6) is 0 Å². The molecule has 1 nitrogen and oxygen atoms in total. The lowest BCUT2D eigenvalue weighted by atomic mass is 10.1. The van der Waals surface area contributed by atoms with Crippen LogP contribution in [0.15, 0.2) is 53.4 Å². The molecule has 0 aliphatic heterocycles. The predicted octanol–water partition coefficient (Wildman–Crippen LogP) is 3.87. The van der Waals surface area contributed by atoms with Crippen molar-refractivity contribution in [1.82, 2.24) is 0 Å². The van der Waals surface area contributed by atoms with E-state index in [0.29, 0.717) is 5.75 Å². The Morgan fingerprint density at radius 2 is 1.42 bits per heavy atom. The van der Waals surface area contributed by atoms with Crippen molar-refractivity contribution in [3.8, 4) is 0 Å². The van der Waals surface area contributed by atoms with E-state index < -0.39 is 0 Å². The first-order valence-corrected chi connectivity index (χ1v) is 6.76. The van der Waals surface area contributed by atoms with E-state index >= 15 is 0 Å². The molecular weight excluding hydrogens is 266 g/mol. The van der Waals surface area contributed by atoms with Crippen molar-refractivity contribution in [2.24, 2.45) is 0 Å². The number of carbonyl (C=O) groups is 1. The van der Waals surface area contributed by atoms with Gasteiger partial charge in [-0.2, -0.15) is 0 Å². The van der Waals surface area contributed by atoms with Gasteiger partial charge in [0.2, 0.25) is 0 Å². The van der Waals surface area contributed by atoms with Crippen LogP contribution in [-0.4, -0.2) is 11.5 Å². The minimum atomic E-state index is -0.308. The topological polar surface area (TPSA) is 17.1 Å². The Morgan fingerprint density at radius 3 is 2.00 bits per heavy atom. The van der Waals surface area contributed by atoms with Crippen LogP contribution < -0.4 is 0 Å². The van der Waals surface area contributed by atoms with Gasteiger partial charge in [0, 0.05) is 11.3 Å². The van der Waals surface area contributed by atoms with Crippen LogP contribution in [0.2, 0.25) is 0 Å². The van der Waals surface area contributed by atoms with Gasteiger partial charge in [-0.1, -0.05) is 12.1 Å². The highest BCUT2D eigenvalue weighted by Crippen LogP contribution is 2.18. The summed E-state index contributed by atoms with van der Waals surface area (Å²) in [7, 11) is 0. The monoisotopic (exact) mass is 278 g/mol. The molecule has 0 aromatic heterocycles. The molecule has 0 aliphatic rings. The third-order valence-electron chi connectivity index (χ3n) is 2.53. The van der Waals surface area contributed by atoms with E-state index in [0.717, 1.165) is 10.5 Å². The second kappa shape index (κ2) is 6.48. The highest BCUT2D eigenvalue weighted by atomic mass is 32.2. The molecule has 0 saturated heterocycles. The molecule has 0 unspecified atom stereocenters. The minimum absolute atomic E-state index is 0.0564. The average molecular weight is 278 g/mol. The van der Waals surface area contributed by atoms with Crippen LogP contribution in [0.25, 0.3) is 0 Å². The van der Waals surface area contributed by atoms with Crippen LogP contribution in [0.3, 0.4) is 0 Å². The van der Waals surface area contributed by atoms with Crippen molar-refractivity contribution < 1.29 is 13.6 Å². The lowest BCUT2D eigenvalue weighted by molar-refractivity contribution is -0.116. The van der Waals surface area contributed by atoms with Crippen LogP contribution in [0.4, 0.5) is 8.78 Å². The van der Waals surface area contributed by atoms with Crippen molar-refractivity contribution in [1.29, 1.82) is 0 Å². The Morgan fingerprint density at radius 1 is 0.895 bits per heavy atom. The van der Waals surface area contributed by atoms with Gasteiger partial charge in [0.1, 0.15) is 17.4 Å². The summed E-state index contributed by atoms with van der Waals surface area (Å²) in [5, 5.41) is 0. The third kappa shape index (κ3) is 4.48. The first-order chi connectivity index (χ1) is 9.13. The fraction of sp³-hybridized carbons (Fsp3) is 0.133. The van der Waals surface area contributed by atoms with Crippen LogP contribution >= 0.6 is 11.8 Å². The van der Waals surface area contributed by atoms with Gasteiger partial charge in [-0.3, -0.25) is 4.79 Å². The summed E-state index contributed by atoms with van der Waals surface area (Å²) in [6.45, 7) is 0. The molecular formula is C15H12F2OS. The van der Waals surface area contributed by atoms with E-state index in [-0.39, 0.29) is 23.8 Å². The van der Waals surface area contributed by atoms with Gasteiger partial charge in [-0.05, 0) is 42.0 Å². The quantitative estimate of drug-likeness (QED) is 0.772. The molecule has 2 aromatic rings. The average Bonchev–Trinajstić information content (AvgIpc) is 2.41. The largest absolute Gasteiger partial charge is 0.298 e. The standard InChI is InChI=1S/C15H12F2OS/c16-12-3-1-11(2-4-12)9-14(18)10-19-15-7-5-13(17)6-8-15/h1-8H,9-10H2. The molecule has 0 amide bonds. The zero-order chi connectivity index (χ0) is 13.7. The molecule has 19 heavy (non-hydrogen) atoms. The van der Waals surface area contributed by atoms with Gasteiger partial charge in [0.25, 0.3) is 0 Å². The van der Waals surface area contributed by atoms with Crippen LogP contribution in [0.1, 0.15) is 5.56 Å². The number of benzene rings is 2. The molecule has 0 fully saturated rings. The van der Waals surface area contributed by atoms with E-state index in [1.807, 2.05) is 0 Å². The molecule has 98 valence electrons. The molecule has 0 radical (unpaired) electrons. The summed E-state index contributed by atoms with van der Waals surface area (Å²) < 4.78 is 25.4. The summed E-state index contributed by atoms with van der Waals surface area (Å²) in [6, 6.07) is 11.9. The van der Waals surface area contributed by atoms with Crippen molar-refractivity contribution >= 4 is 17.5 Å². The number of carbonyl (C=O) groups excluding carboxylic acids is 1. The lowest BCUT2D eigenvalue weighted by Crippen LogP contribution is -2.05. The number of halogens is 2. The normalized spacial score (nSPS) is 10.4. The summed E-state index contributed by atoms with van der Waals surface area (Å²) >= 11 is 1.37. The van der Waals surface area contributed by atoms with Gasteiger partial charge >= 0.3 is 0 Å². The van der Waals surface area contributed by atoms with Gasteiger partial charge in [0.05, 0.1) is 5.75 Å². The molecule has 0 bridgehead atoms. The molecule has 2 aromatic carbocycles. The Labute approximate surface area is 114 Å². The van der Waals surface area contributed by atoms with Gasteiger partial charge < -0.3 is 0 Å². The maximum Gasteiger partial charge on any atom is 0.147 e. The van der Waals surface area contributed by atoms with Gasteiger partial charge in [0.15, 0.2) is 0 Å². The number of Topliss-reactive ketones (excluding diaryl/α,β-unsaturated/α-hetero) is 1. The maximum atomic E-state index is 12.7. The number of ketones is 1. The molecule has 0 atom stereocenters. The van der Waals surface area contributed by atoms with E-state index in [4.69, 9.17) is 0 Å². The van der Waals surface area contributed by atoms with Crippen molar-refractivity contribution in [3.05, 3.63) is 65.7 Å². The lowest BCUT2D eigenvalue weighted by Gasteiger charge is -2.02. The van der Waals surface area contributed by atoms with E-state index in [2.05, 4.69) is 0 Å². The van der Waals surface area contributed by atoms with E-state index in [1.165, 1.54) is 36.0 Å². The van der Waals surface area contributed by atoms with Crippen molar-refractivity contribution in [3.63, 3.8) is 0 Å². The second-order valence-electron chi connectivity index (χ2n) is 4.08. The Bertz CT molecular complexity index is 549. The molecule has 4 heteroatoms. The van der Waals surface area contributed by atoms with Gasteiger partial charge in [-0.15, -0.1) is 11.8 Å². The zero-order valence-corrected chi connectivity index (χ0v) is 10.9. The first-order valence-electron chi connectivity index (χ1n) is 5.78. The summed E-state index contributed by atoms with van der Waals surface area (Å²) in [6.07, 6.45) is 0.286. The number of hydrogen-bond donors (Lipinski definition) is 0. The fourth-order valence-electron chi connectivity index (χ4n) is 1.58. The molecule has 0 N–H and O–H groups in total. The predicted molar refractivity (Wildman–Crippen MR) is 72.2 cm³/mol. The number of thioether (sulfide) groups is 1. The Kier molecular flexibility index (Phi) is 4.68. The zero-order valence-electron chi connectivity index (χ0n) is 10.1. The summed E-state index contributed by atoms with van der Waals surface area (Å²) in [5.41, 5.74) is 0.797. The molecule has 0 aliphatic carbocycles.